The Balaban J connectivity index is 2.64. The molecule has 0 spiro atoms. The molecule has 2 heteroatoms. The third kappa shape index (κ3) is 4.48. The molecular weight excluding hydrogens is 200 g/mol. The van der Waals surface area contributed by atoms with Crippen LogP contribution in [-0.4, -0.2) is 18.3 Å². The molecule has 1 N–H and O–H groups in total. The van der Waals surface area contributed by atoms with Gasteiger partial charge in [0, 0.05) is 12.2 Å². The Morgan fingerprint density at radius 3 is 2.75 bits per heavy atom. The summed E-state index contributed by atoms with van der Waals surface area (Å²) in [5, 5.41) is 8.66. The lowest BCUT2D eigenvalue weighted by atomic mass is 10.1. The van der Waals surface area contributed by atoms with Crippen molar-refractivity contribution in [2.45, 2.75) is 20.5 Å². The summed E-state index contributed by atoms with van der Waals surface area (Å²) in [6, 6.07) is 7.85. The van der Waals surface area contributed by atoms with E-state index in [4.69, 9.17) is 9.84 Å². The van der Waals surface area contributed by atoms with Crippen molar-refractivity contribution in [2.75, 3.05) is 13.2 Å². The molecular formula is C14H18O2. The lowest BCUT2D eigenvalue weighted by molar-refractivity contribution is 0.0969. The summed E-state index contributed by atoms with van der Waals surface area (Å²) in [5.41, 5.74) is 2.00. The van der Waals surface area contributed by atoms with Crippen LogP contribution in [0.2, 0.25) is 0 Å². The zero-order chi connectivity index (χ0) is 11.8. The van der Waals surface area contributed by atoms with Gasteiger partial charge in [-0.05, 0) is 17.5 Å². The molecule has 0 atom stereocenters. The second-order valence-corrected chi connectivity index (χ2v) is 4.03. The Hall–Kier alpha value is -1.30. The number of ether oxygens (including phenoxy) is 1. The second-order valence-electron chi connectivity index (χ2n) is 4.03. The van der Waals surface area contributed by atoms with Crippen LogP contribution in [0, 0.1) is 17.8 Å². The van der Waals surface area contributed by atoms with E-state index in [-0.39, 0.29) is 6.61 Å². The average molecular weight is 218 g/mol. The molecule has 0 amide bonds. The highest BCUT2D eigenvalue weighted by molar-refractivity contribution is 5.40. The summed E-state index contributed by atoms with van der Waals surface area (Å²) < 4.78 is 5.57. The van der Waals surface area contributed by atoms with Crippen LogP contribution >= 0.6 is 0 Å². The highest BCUT2D eigenvalue weighted by atomic mass is 16.5. The molecule has 0 fully saturated rings. The normalized spacial score (nSPS) is 10.0. The van der Waals surface area contributed by atoms with Crippen molar-refractivity contribution in [3.8, 4) is 11.8 Å². The van der Waals surface area contributed by atoms with E-state index in [1.54, 1.807) is 0 Å². The van der Waals surface area contributed by atoms with E-state index in [0.29, 0.717) is 12.5 Å². The van der Waals surface area contributed by atoms with Gasteiger partial charge in [-0.2, -0.15) is 0 Å². The van der Waals surface area contributed by atoms with Gasteiger partial charge in [-0.3, -0.25) is 0 Å². The van der Waals surface area contributed by atoms with Crippen LogP contribution in [0.25, 0.3) is 0 Å². The van der Waals surface area contributed by atoms with Gasteiger partial charge >= 0.3 is 0 Å². The first-order valence-electron chi connectivity index (χ1n) is 5.49. The Bertz CT molecular complexity index is 372. The van der Waals surface area contributed by atoms with E-state index < -0.39 is 0 Å². The lowest BCUT2D eigenvalue weighted by Crippen LogP contribution is -2.03. The second kappa shape index (κ2) is 7.05. The number of aliphatic hydroxyl groups is 1. The number of hydrogen-bond acceptors (Lipinski definition) is 2. The van der Waals surface area contributed by atoms with Crippen molar-refractivity contribution in [3.63, 3.8) is 0 Å². The molecule has 1 aromatic carbocycles. The molecule has 0 aliphatic rings. The summed E-state index contributed by atoms with van der Waals surface area (Å²) in [7, 11) is 0. The summed E-state index contributed by atoms with van der Waals surface area (Å²) in [5.74, 6) is 6.11. The van der Waals surface area contributed by atoms with Gasteiger partial charge in [0.05, 0.1) is 6.61 Å². The average Bonchev–Trinajstić information content (AvgIpc) is 2.27. The van der Waals surface area contributed by atoms with E-state index in [0.717, 1.165) is 17.7 Å². The summed E-state index contributed by atoms with van der Waals surface area (Å²) in [6.07, 6.45) is 0. The minimum absolute atomic E-state index is 0.110. The van der Waals surface area contributed by atoms with Crippen LogP contribution in [0.5, 0.6) is 0 Å². The number of hydrogen-bond donors (Lipinski definition) is 1. The molecule has 1 aromatic rings. The molecule has 0 saturated heterocycles. The van der Waals surface area contributed by atoms with E-state index in [1.807, 2.05) is 24.3 Å². The van der Waals surface area contributed by atoms with Gasteiger partial charge in [0.25, 0.3) is 0 Å². The van der Waals surface area contributed by atoms with Crippen LogP contribution < -0.4 is 0 Å². The molecule has 0 bridgehead atoms. The lowest BCUT2D eigenvalue weighted by Gasteiger charge is -2.08. The quantitative estimate of drug-likeness (QED) is 0.785. The predicted molar refractivity (Wildman–Crippen MR) is 64.9 cm³/mol. The first kappa shape index (κ1) is 12.8. The largest absolute Gasteiger partial charge is 0.384 e. The van der Waals surface area contributed by atoms with Crippen molar-refractivity contribution in [1.29, 1.82) is 0 Å². The SMILES string of the molecule is CC(C)COCc1ccccc1C#CCO. The van der Waals surface area contributed by atoms with Crippen molar-refractivity contribution in [3.05, 3.63) is 35.4 Å². The first-order chi connectivity index (χ1) is 7.74. The summed E-state index contributed by atoms with van der Waals surface area (Å²) >= 11 is 0. The highest BCUT2D eigenvalue weighted by Crippen LogP contribution is 2.09. The van der Waals surface area contributed by atoms with Gasteiger partial charge in [-0.25, -0.2) is 0 Å². The first-order valence-corrected chi connectivity index (χ1v) is 5.49. The van der Waals surface area contributed by atoms with E-state index in [1.165, 1.54) is 0 Å². The van der Waals surface area contributed by atoms with Crippen LogP contribution in [0.15, 0.2) is 24.3 Å². The van der Waals surface area contributed by atoms with Crippen LogP contribution in [0.1, 0.15) is 25.0 Å². The zero-order valence-electron chi connectivity index (χ0n) is 9.86. The monoisotopic (exact) mass is 218 g/mol. The summed E-state index contributed by atoms with van der Waals surface area (Å²) in [6.45, 7) is 5.46. The fourth-order valence-electron chi connectivity index (χ4n) is 1.31. The Kier molecular flexibility index (Phi) is 5.63. The minimum Gasteiger partial charge on any atom is -0.384 e. The molecule has 0 aromatic heterocycles. The maximum absolute atomic E-state index is 8.66. The van der Waals surface area contributed by atoms with Crippen molar-refractivity contribution < 1.29 is 9.84 Å². The van der Waals surface area contributed by atoms with E-state index in [2.05, 4.69) is 25.7 Å². The molecule has 0 radical (unpaired) electrons. The predicted octanol–water partition coefficient (Wildman–Crippen LogP) is 2.20. The molecule has 0 heterocycles. The van der Waals surface area contributed by atoms with Crippen LogP contribution in [0.3, 0.4) is 0 Å². The van der Waals surface area contributed by atoms with Crippen molar-refractivity contribution in [1.82, 2.24) is 0 Å². The summed E-state index contributed by atoms with van der Waals surface area (Å²) in [4.78, 5) is 0. The Morgan fingerprint density at radius 1 is 1.31 bits per heavy atom. The maximum Gasteiger partial charge on any atom is 0.104 e. The molecule has 86 valence electrons. The molecule has 1 rings (SSSR count). The molecule has 2 nitrogen and oxygen atoms in total. The number of rotatable bonds is 4. The van der Waals surface area contributed by atoms with Gasteiger partial charge in [-0.15, -0.1) is 0 Å². The minimum atomic E-state index is -0.110. The van der Waals surface area contributed by atoms with Crippen LogP contribution in [-0.2, 0) is 11.3 Å². The fraction of sp³-hybridized carbons (Fsp3) is 0.429. The molecule has 0 aliphatic heterocycles. The molecule has 0 saturated carbocycles. The molecule has 0 aliphatic carbocycles. The smallest absolute Gasteiger partial charge is 0.104 e. The zero-order valence-corrected chi connectivity index (χ0v) is 9.86. The van der Waals surface area contributed by atoms with Crippen LogP contribution in [0.4, 0.5) is 0 Å². The van der Waals surface area contributed by atoms with Crippen molar-refractivity contribution in [2.24, 2.45) is 5.92 Å². The third-order valence-electron chi connectivity index (χ3n) is 2.03. The Labute approximate surface area is 97.3 Å². The number of benzene rings is 1. The fourth-order valence-corrected chi connectivity index (χ4v) is 1.31. The standard InChI is InChI=1S/C14H18O2/c1-12(2)10-16-11-14-7-4-3-6-13(14)8-5-9-15/h3-4,6-7,12,15H,9-11H2,1-2H3. The van der Waals surface area contributed by atoms with E-state index >= 15 is 0 Å². The third-order valence-corrected chi connectivity index (χ3v) is 2.03. The van der Waals surface area contributed by atoms with Gasteiger partial charge < -0.3 is 9.84 Å². The molecule has 0 unspecified atom stereocenters. The van der Waals surface area contributed by atoms with Gasteiger partial charge in [-0.1, -0.05) is 43.9 Å². The van der Waals surface area contributed by atoms with Gasteiger partial charge in [0.15, 0.2) is 0 Å². The van der Waals surface area contributed by atoms with Gasteiger partial charge in [0.1, 0.15) is 6.61 Å². The number of aliphatic hydroxyl groups excluding tert-OH is 1. The topological polar surface area (TPSA) is 29.5 Å². The molecule has 16 heavy (non-hydrogen) atoms. The van der Waals surface area contributed by atoms with Gasteiger partial charge in [0.2, 0.25) is 0 Å². The van der Waals surface area contributed by atoms with E-state index in [9.17, 15) is 0 Å². The maximum atomic E-state index is 8.66. The highest BCUT2D eigenvalue weighted by Gasteiger charge is 2.00. The Morgan fingerprint density at radius 2 is 2.06 bits per heavy atom. The van der Waals surface area contributed by atoms with Crippen molar-refractivity contribution >= 4 is 0 Å².